The van der Waals surface area contributed by atoms with Crippen molar-refractivity contribution in [2.24, 2.45) is 0 Å². The summed E-state index contributed by atoms with van der Waals surface area (Å²) in [7, 11) is 1.67. The molecule has 1 N–H and O–H groups in total. The molecule has 1 aromatic carbocycles. The average molecular weight is 262 g/mol. The lowest BCUT2D eigenvalue weighted by atomic mass is 10.1. The second-order valence-corrected chi connectivity index (χ2v) is 4.18. The summed E-state index contributed by atoms with van der Waals surface area (Å²) >= 11 is 0. The smallest absolute Gasteiger partial charge is 0.140 e. The van der Waals surface area contributed by atoms with E-state index in [4.69, 9.17) is 10.00 Å². The third kappa shape index (κ3) is 5.21. The van der Waals surface area contributed by atoms with Crippen molar-refractivity contribution in [3.63, 3.8) is 0 Å². The van der Waals surface area contributed by atoms with Gasteiger partial charge in [-0.1, -0.05) is 24.6 Å². The fourth-order valence-electron chi connectivity index (χ4n) is 1.66. The van der Waals surface area contributed by atoms with Crippen LogP contribution in [-0.4, -0.2) is 26.8 Å². The molecule has 0 fully saturated rings. The molecule has 102 valence electrons. The van der Waals surface area contributed by atoms with E-state index in [1.54, 1.807) is 19.2 Å². The first-order chi connectivity index (χ1) is 9.21. The summed E-state index contributed by atoms with van der Waals surface area (Å²) in [5, 5.41) is 12.1. The Bertz CT molecular complexity index is 478. The number of nitrogens with zero attached hydrogens (tertiary/aromatic N) is 1. The van der Waals surface area contributed by atoms with Gasteiger partial charge in [0, 0.05) is 20.2 Å². The van der Waals surface area contributed by atoms with Gasteiger partial charge in [-0.3, -0.25) is 0 Å². The van der Waals surface area contributed by atoms with Crippen LogP contribution < -0.4 is 5.32 Å². The van der Waals surface area contributed by atoms with Crippen molar-refractivity contribution in [1.82, 2.24) is 5.32 Å². The number of benzene rings is 1. The van der Waals surface area contributed by atoms with E-state index in [1.807, 2.05) is 12.1 Å². The van der Waals surface area contributed by atoms with Crippen LogP contribution >= 0.6 is 0 Å². The molecule has 1 rings (SSSR count). The second-order valence-electron chi connectivity index (χ2n) is 4.18. The van der Waals surface area contributed by atoms with Crippen molar-refractivity contribution in [2.75, 3.05) is 26.8 Å². The summed E-state index contributed by atoms with van der Waals surface area (Å²) in [6, 6.07) is 6.43. The number of ether oxygens (including phenoxy) is 1. The molecule has 0 amide bonds. The van der Waals surface area contributed by atoms with E-state index >= 15 is 0 Å². The van der Waals surface area contributed by atoms with E-state index in [0.717, 1.165) is 25.1 Å². The maximum Gasteiger partial charge on any atom is 0.140 e. The predicted octanol–water partition coefficient (Wildman–Crippen LogP) is 2.73. The Morgan fingerprint density at radius 1 is 1.53 bits per heavy atom. The number of methoxy groups -OCH3 is 1. The SMILES string of the molecule is CC/C(=C/c1ccc(F)c(C#N)c1)CNCCOC. The molecule has 0 aliphatic carbocycles. The fraction of sp³-hybridized carbons (Fsp3) is 0.400. The number of nitrogens with one attached hydrogen (secondary N) is 1. The molecule has 3 nitrogen and oxygen atoms in total. The maximum atomic E-state index is 13.2. The zero-order valence-electron chi connectivity index (χ0n) is 11.4. The lowest BCUT2D eigenvalue weighted by Crippen LogP contribution is -2.21. The van der Waals surface area contributed by atoms with Crippen LogP contribution in [0.25, 0.3) is 6.08 Å². The van der Waals surface area contributed by atoms with Crippen LogP contribution in [0.4, 0.5) is 4.39 Å². The van der Waals surface area contributed by atoms with Gasteiger partial charge in [0.25, 0.3) is 0 Å². The van der Waals surface area contributed by atoms with E-state index < -0.39 is 5.82 Å². The van der Waals surface area contributed by atoms with Gasteiger partial charge in [-0.15, -0.1) is 0 Å². The number of hydrogen-bond donors (Lipinski definition) is 1. The molecule has 0 heterocycles. The highest BCUT2D eigenvalue weighted by molar-refractivity contribution is 5.55. The molecule has 0 radical (unpaired) electrons. The van der Waals surface area contributed by atoms with Gasteiger partial charge in [0.2, 0.25) is 0 Å². The maximum absolute atomic E-state index is 13.2. The zero-order chi connectivity index (χ0) is 14.1. The number of halogens is 1. The van der Waals surface area contributed by atoms with E-state index in [-0.39, 0.29) is 5.56 Å². The molecule has 4 heteroatoms. The summed E-state index contributed by atoms with van der Waals surface area (Å²) in [4.78, 5) is 0. The van der Waals surface area contributed by atoms with Crippen LogP contribution in [0.5, 0.6) is 0 Å². The lowest BCUT2D eigenvalue weighted by molar-refractivity contribution is 0.200. The van der Waals surface area contributed by atoms with E-state index in [2.05, 4.69) is 12.2 Å². The highest BCUT2D eigenvalue weighted by Gasteiger charge is 2.02. The first-order valence-electron chi connectivity index (χ1n) is 6.30. The molecule has 0 bridgehead atoms. The largest absolute Gasteiger partial charge is 0.383 e. The fourth-order valence-corrected chi connectivity index (χ4v) is 1.66. The Morgan fingerprint density at radius 2 is 2.32 bits per heavy atom. The van der Waals surface area contributed by atoms with Gasteiger partial charge in [0.05, 0.1) is 12.2 Å². The van der Waals surface area contributed by atoms with Gasteiger partial charge in [0.15, 0.2) is 0 Å². The van der Waals surface area contributed by atoms with Crippen LogP contribution in [-0.2, 0) is 4.74 Å². The normalized spacial score (nSPS) is 11.4. The first kappa shape index (κ1) is 15.4. The molecule has 0 aliphatic heterocycles. The lowest BCUT2D eigenvalue weighted by Gasteiger charge is -2.07. The minimum Gasteiger partial charge on any atom is -0.383 e. The van der Waals surface area contributed by atoms with Gasteiger partial charge >= 0.3 is 0 Å². The number of nitriles is 1. The van der Waals surface area contributed by atoms with Crippen LogP contribution in [0.3, 0.4) is 0 Å². The van der Waals surface area contributed by atoms with Crippen LogP contribution in [0.1, 0.15) is 24.5 Å². The molecule has 0 atom stereocenters. The average Bonchev–Trinajstić information content (AvgIpc) is 2.44. The molecule has 0 aliphatic rings. The molecule has 0 saturated heterocycles. The van der Waals surface area contributed by atoms with Crippen molar-refractivity contribution < 1.29 is 9.13 Å². The quantitative estimate of drug-likeness (QED) is 0.768. The molecule has 1 aromatic rings. The van der Waals surface area contributed by atoms with Crippen molar-refractivity contribution in [3.8, 4) is 6.07 Å². The van der Waals surface area contributed by atoms with E-state index in [1.165, 1.54) is 11.6 Å². The molecule has 19 heavy (non-hydrogen) atoms. The predicted molar refractivity (Wildman–Crippen MR) is 74.1 cm³/mol. The molecule has 0 aromatic heterocycles. The molecule has 0 unspecified atom stereocenters. The van der Waals surface area contributed by atoms with Gasteiger partial charge in [-0.2, -0.15) is 5.26 Å². The standard InChI is InChI=1S/C15H19FN2O/c1-3-12(11-18-6-7-19-2)8-13-4-5-15(16)14(9-13)10-17/h4-5,8-9,18H,3,6-7,11H2,1-2H3/b12-8-. The summed E-state index contributed by atoms with van der Waals surface area (Å²) in [6.07, 6.45) is 2.89. The molecular formula is C15H19FN2O. The Morgan fingerprint density at radius 3 is 2.95 bits per heavy atom. The van der Waals surface area contributed by atoms with E-state index in [9.17, 15) is 4.39 Å². The van der Waals surface area contributed by atoms with Crippen LogP contribution in [0.15, 0.2) is 23.8 Å². The molecule has 0 spiro atoms. The summed E-state index contributed by atoms with van der Waals surface area (Å²) in [5.41, 5.74) is 2.13. The van der Waals surface area contributed by atoms with Crippen LogP contribution in [0, 0.1) is 17.1 Å². The first-order valence-corrected chi connectivity index (χ1v) is 6.30. The zero-order valence-corrected chi connectivity index (χ0v) is 11.4. The Labute approximate surface area is 113 Å². The van der Waals surface area contributed by atoms with Gasteiger partial charge in [0.1, 0.15) is 11.9 Å². The second kappa shape index (κ2) is 8.41. The highest BCUT2D eigenvalue weighted by Crippen LogP contribution is 2.14. The van der Waals surface area contributed by atoms with Crippen molar-refractivity contribution in [3.05, 3.63) is 40.7 Å². The van der Waals surface area contributed by atoms with Crippen molar-refractivity contribution in [2.45, 2.75) is 13.3 Å². The topological polar surface area (TPSA) is 45.0 Å². The third-order valence-electron chi connectivity index (χ3n) is 2.77. The third-order valence-corrected chi connectivity index (χ3v) is 2.77. The van der Waals surface area contributed by atoms with Crippen LogP contribution in [0.2, 0.25) is 0 Å². The van der Waals surface area contributed by atoms with Gasteiger partial charge in [-0.25, -0.2) is 4.39 Å². The summed E-state index contributed by atoms with van der Waals surface area (Å²) in [6.45, 7) is 4.30. The highest BCUT2D eigenvalue weighted by atomic mass is 19.1. The molecular weight excluding hydrogens is 243 g/mol. The summed E-state index contributed by atoms with van der Waals surface area (Å²) in [5.74, 6) is -0.476. The Hall–Kier alpha value is -1.70. The van der Waals surface area contributed by atoms with E-state index in [0.29, 0.717) is 6.61 Å². The van der Waals surface area contributed by atoms with Crippen molar-refractivity contribution in [1.29, 1.82) is 5.26 Å². The van der Waals surface area contributed by atoms with Crippen molar-refractivity contribution >= 4 is 6.08 Å². The number of rotatable bonds is 7. The Balaban J connectivity index is 2.72. The van der Waals surface area contributed by atoms with Gasteiger partial charge < -0.3 is 10.1 Å². The number of hydrogen-bond acceptors (Lipinski definition) is 3. The Kier molecular flexibility index (Phi) is 6.80. The minimum atomic E-state index is -0.476. The summed E-state index contributed by atoms with van der Waals surface area (Å²) < 4.78 is 18.2. The minimum absolute atomic E-state index is 0.0801. The monoisotopic (exact) mass is 262 g/mol. The van der Waals surface area contributed by atoms with Gasteiger partial charge in [-0.05, 0) is 24.1 Å². The molecule has 0 saturated carbocycles.